The van der Waals surface area contributed by atoms with E-state index in [0.717, 1.165) is 18.2 Å². The zero-order valence-corrected chi connectivity index (χ0v) is 58.3. The molecule has 0 radical (unpaired) electrons. The van der Waals surface area contributed by atoms with Crippen LogP contribution in [0.4, 0.5) is 0 Å². The maximum Gasteiger partial charge on any atom is 0.305 e. The van der Waals surface area contributed by atoms with Crippen molar-refractivity contribution in [2.45, 2.75) is 152 Å². The molecule has 2 rings (SSSR count). The van der Waals surface area contributed by atoms with E-state index in [-0.39, 0.29) is 93.5 Å². The lowest BCUT2D eigenvalue weighted by atomic mass is 10.0. The first-order valence-electron chi connectivity index (χ1n) is 31.2. The number of carbonyl (C=O) groups is 12. The number of nitrogens with zero attached hydrogens (tertiary/aromatic N) is 1. The van der Waals surface area contributed by atoms with E-state index in [2.05, 4.69) is 58.2 Å². The summed E-state index contributed by atoms with van der Waals surface area (Å²) in [5.41, 5.74) is 22.2. The molecule has 95 heavy (non-hydrogen) atoms. The monoisotopic (exact) mass is 1400 g/mol. The van der Waals surface area contributed by atoms with Crippen LogP contribution in [0.15, 0.2) is 35.3 Å². The van der Waals surface area contributed by atoms with Crippen LogP contribution >= 0.6 is 35.3 Å². The second-order valence-electron chi connectivity index (χ2n) is 23.5. The van der Waals surface area contributed by atoms with Crippen molar-refractivity contribution in [2.75, 3.05) is 109 Å². The van der Waals surface area contributed by atoms with Crippen LogP contribution < -0.4 is 76.1 Å². The van der Waals surface area contributed by atoms with Gasteiger partial charge in [0, 0.05) is 66.5 Å². The van der Waals surface area contributed by atoms with Crippen LogP contribution in [0.1, 0.15) is 99.0 Å². The molecule has 1 aromatic rings. The van der Waals surface area contributed by atoms with Gasteiger partial charge in [0.05, 0.1) is 45.1 Å². The summed E-state index contributed by atoms with van der Waals surface area (Å²) in [6.07, 6.45) is 0.825. The molecular weight excluding hydrogens is 1300 g/mol. The number of carbonyl (C=O) groups excluding carboxylic acids is 11. The van der Waals surface area contributed by atoms with Crippen molar-refractivity contribution < 1.29 is 81.6 Å². The third-order valence-electron chi connectivity index (χ3n) is 12.7. The Bertz CT molecular complexity index is 2600. The van der Waals surface area contributed by atoms with E-state index < -0.39 is 130 Å². The Labute approximate surface area is 568 Å². The number of nitrogens with two attached hydrogens (primary N) is 4. The summed E-state index contributed by atoms with van der Waals surface area (Å²) < 4.78 is 19.2. The lowest BCUT2D eigenvalue weighted by molar-refractivity contribution is -0.141. The zero-order valence-electron chi connectivity index (χ0n) is 55.9. The van der Waals surface area contributed by atoms with Crippen LogP contribution in [0.25, 0.3) is 0 Å². The highest BCUT2D eigenvalue weighted by molar-refractivity contribution is 8.01. The number of hydrogen-bond donors (Lipinski definition) is 15. The van der Waals surface area contributed by atoms with Gasteiger partial charge in [-0.05, 0) is 50.6 Å². The highest BCUT2D eigenvalue weighted by Gasteiger charge is 2.35. The minimum atomic E-state index is -1.78. The van der Waals surface area contributed by atoms with Gasteiger partial charge in [0.1, 0.15) is 55.5 Å². The fraction of sp³-hybridized carbons (Fsp3) is 0.683. The Morgan fingerprint density at radius 3 is 1.74 bits per heavy atom. The maximum absolute atomic E-state index is 14.5. The number of ether oxygens (including phenoxy) is 4. The van der Waals surface area contributed by atoms with Crippen LogP contribution in [0.2, 0.25) is 0 Å². The van der Waals surface area contributed by atoms with Crippen molar-refractivity contribution >= 4 is 112 Å². The molecule has 1 aromatic carbocycles. The lowest BCUT2D eigenvalue weighted by Gasteiger charge is -2.28. The van der Waals surface area contributed by atoms with Crippen molar-refractivity contribution in [3.63, 3.8) is 0 Å². The van der Waals surface area contributed by atoms with Gasteiger partial charge in [-0.25, -0.2) is 0 Å². The summed E-state index contributed by atoms with van der Waals surface area (Å²) in [5.74, 6) is -10.5. The van der Waals surface area contributed by atoms with Gasteiger partial charge in [0.2, 0.25) is 65.0 Å². The quantitative estimate of drug-likeness (QED) is 0.0194. The fourth-order valence-corrected chi connectivity index (χ4v) is 10.7. The first-order valence-corrected chi connectivity index (χ1v) is 34.3. The van der Waals surface area contributed by atoms with Crippen LogP contribution in [-0.2, 0) is 82.9 Å². The van der Waals surface area contributed by atoms with Crippen LogP contribution in [0, 0.1) is 0 Å². The van der Waals surface area contributed by atoms with E-state index in [9.17, 15) is 62.6 Å². The SMILES string of the molecule is CCCOCCNC(=O)[C@@H]1CSCC(=O)N[C@@H](CCCCN)C(=O)N[C@@H](CSC(C)(C)C)C(=O)N[C@@H](CCCN=C(N)N)C(=O)NCC(=O)N[C@@H](CC(=O)O)C(=O)N[C@@H](CSC(C)(C)C)C(=O)N[C@@H](Cc2ccccc2)C(=O)N1.COCCOCCNC(=O)COCC(N)=O. The number of methoxy groups -OCH3 is 1. The second kappa shape index (κ2) is 48.6. The predicted molar refractivity (Wildman–Crippen MR) is 363 cm³/mol. The van der Waals surface area contributed by atoms with E-state index >= 15 is 0 Å². The van der Waals surface area contributed by atoms with E-state index in [0.29, 0.717) is 57.9 Å². The molecule has 32 nitrogen and oxygen atoms in total. The number of aliphatic imine (C=N–C) groups is 1. The Morgan fingerprint density at radius 1 is 0.632 bits per heavy atom. The molecular formula is C60H103N15O17S3. The number of hydrogen-bond acceptors (Lipinski definition) is 21. The molecule has 1 saturated heterocycles. The molecule has 19 N–H and O–H groups in total. The van der Waals surface area contributed by atoms with Gasteiger partial charge in [0.15, 0.2) is 5.96 Å². The van der Waals surface area contributed by atoms with Gasteiger partial charge in [-0.3, -0.25) is 62.5 Å². The molecule has 0 unspecified atom stereocenters. The van der Waals surface area contributed by atoms with Gasteiger partial charge in [-0.1, -0.05) is 78.8 Å². The minimum absolute atomic E-state index is 0.0150. The average Bonchev–Trinajstić information content (AvgIpc) is 1.36. The van der Waals surface area contributed by atoms with Gasteiger partial charge in [-0.15, -0.1) is 11.8 Å². The number of nitrogens with one attached hydrogen (secondary N) is 10. The fourth-order valence-electron chi connectivity index (χ4n) is 8.01. The number of thioether (sulfide) groups is 3. The Morgan fingerprint density at radius 2 is 1.17 bits per heavy atom. The highest BCUT2D eigenvalue weighted by atomic mass is 32.2. The van der Waals surface area contributed by atoms with Gasteiger partial charge < -0.3 is 100 Å². The van der Waals surface area contributed by atoms with E-state index in [4.69, 9.17) is 41.9 Å². The van der Waals surface area contributed by atoms with Crippen molar-refractivity contribution in [3.8, 4) is 0 Å². The van der Waals surface area contributed by atoms with E-state index in [1.165, 1.54) is 23.5 Å². The molecule has 0 aliphatic carbocycles. The largest absolute Gasteiger partial charge is 0.481 e. The normalized spacial score (nSPS) is 20.2. The molecule has 11 amide bonds. The van der Waals surface area contributed by atoms with E-state index in [1.54, 1.807) is 37.4 Å². The summed E-state index contributed by atoms with van der Waals surface area (Å²) in [6.45, 7) is 14.8. The van der Waals surface area contributed by atoms with Crippen LogP contribution in [0.3, 0.4) is 0 Å². The molecule has 0 saturated carbocycles. The van der Waals surface area contributed by atoms with Crippen molar-refractivity contribution in [1.29, 1.82) is 0 Å². The van der Waals surface area contributed by atoms with Crippen molar-refractivity contribution in [1.82, 2.24) is 53.2 Å². The second-order valence-corrected chi connectivity index (χ2v) is 28.2. The van der Waals surface area contributed by atoms with Crippen LogP contribution in [-0.4, -0.2) is 243 Å². The topological polar surface area (TPSA) is 499 Å². The maximum atomic E-state index is 14.5. The molecule has 0 aromatic heterocycles. The zero-order chi connectivity index (χ0) is 71.4. The third kappa shape index (κ3) is 42.9. The number of unbranched alkanes of at least 4 members (excludes halogenated alkanes) is 1. The smallest absolute Gasteiger partial charge is 0.305 e. The van der Waals surface area contributed by atoms with Crippen LogP contribution in [0.5, 0.6) is 0 Å². The number of aliphatic carboxylic acids is 1. The highest BCUT2D eigenvalue weighted by Crippen LogP contribution is 2.25. The van der Waals surface area contributed by atoms with Gasteiger partial charge in [-0.2, -0.15) is 23.5 Å². The first-order chi connectivity index (χ1) is 44.9. The average molecular weight is 1400 g/mol. The molecule has 7 atom stereocenters. The summed E-state index contributed by atoms with van der Waals surface area (Å²) >= 11 is 3.58. The lowest BCUT2D eigenvalue weighted by Crippen LogP contribution is -2.60. The number of guanidine groups is 1. The number of carboxylic acid groups (broad SMARTS) is 1. The Balaban J connectivity index is 0.00000247. The minimum Gasteiger partial charge on any atom is -0.481 e. The molecule has 1 heterocycles. The number of carboxylic acids is 1. The standard InChI is InChI=1S/C51H85N13O12S3.C9H18N2O5/c1-8-22-76-23-21-55-43(70)36-27-77-30-40(66)58-33(17-12-13-19-52)44(71)63-37(28-78-50(2,3)4)47(74)60-32(18-14-20-56-49(53)54)42(69)57-26-39(65)59-35(25-41(67)68)46(73)64-38(29-79-51(5,6)7)48(75)61-34(45(72)62-36)24-31-15-10-9-11-16-31;1-14-4-5-15-3-2-11-9(13)7-16-6-8(10)12/h9-11,15-16,32-38H,8,12-14,17-30,52H2,1-7H3,(H,55,70)(H,57,69)(H,58,66)(H,59,65)(H,60,74)(H,61,75)(H,62,72)(H,63,71)(H,64,73)(H,67,68)(H4,53,54,56);2-7H2,1H3,(H2,10,12)(H,11,13)/t32-,33-,34-,35-,36-,37-,38-;/m0./s1. The molecule has 1 fully saturated rings. The van der Waals surface area contributed by atoms with Crippen molar-refractivity contribution in [3.05, 3.63) is 35.9 Å². The van der Waals surface area contributed by atoms with Crippen molar-refractivity contribution in [2.24, 2.45) is 27.9 Å². The predicted octanol–water partition coefficient (Wildman–Crippen LogP) is -2.98. The summed E-state index contributed by atoms with van der Waals surface area (Å²) in [7, 11) is 1.58. The number of rotatable bonds is 32. The number of primary amides is 1. The van der Waals surface area contributed by atoms with E-state index in [1.807, 2.05) is 48.5 Å². The molecule has 538 valence electrons. The molecule has 0 spiro atoms. The molecule has 0 bridgehead atoms. The van der Waals surface area contributed by atoms with Gasteiger partial charge >= 0.3 is 5.97 Å². The summed E-state index contributed by atoms with van der Waals surface area (Å²) in [4.78, 5) is 164. The third-order valence-corrected chi connectivity index (χ3v) is 16.5. The number of benzene rings is 1. The molecule has 35 heteroatoms. The molecule has 1 aliphatic heterocycles. The Kier molecular flexibility index (Phi) is 44.0. The van der Waals surface area contributed by atoms with Gasteiger partial charge in [0.25, 0.3) is 0 Å². The molecule has 1 aliphatic rings. The first kappa shape index (κ1) is 86.0. The summed E-state index contributed by atoms with van der Waals surface area (Å²) in [6, 6.07) is -1.01. The summed E-state index contributed by atoms with van der Waals surface area (Å²) in [5, 5.41) is 36.1. The Hall–Kier alpha value is -7.02. The number of amides is 11.